The summed E-state index contributed by atoms with van der Waals surface area (Å²) < 4.78 is 1.50. The van der Waals surface area contributed by atoms with E-state index in [1.165, 1.54) is 10.5 Å². The molecule has 2 aromatic heterocycles. The highest BCUT2D eigenvalue weighted by atomic mass is 35.5. The Hall–Kier alpha value is -2.04. The number of nitrogens with one attached hydrogen (secondary N) is 1. The molecule has 0 radical (unpaired) electrons. The predicted molar refractivity (Wildman–Crippen MR) is 90.1 cm³/mol. The van der Waals surface area contributed by atoms with Crippen molar-refractivity contribution in [2.75, 3.05) is 11.9 Å². The van der Waals surface area contributed by atoms with Gasteiger partial charge in [-0.25, -0.2) is 4.98 Å². The Labute approximate surface area is 137 Å². The maximum atomic E-state index is 12.0. The number of hydrogen-bond donors (Lipinski definition) is 1. The molecule has 6 heteroatoms. The van der Waals surface area contributed by atoms with Crippen LogP contribution >= 0.6 is 23.2 Å². The summed E-state index contributed by atoms with van der Waals surface area (Å²) in [5.41, 5.74) is 1.37. The second kappa shape index (κ2) is 6.38. The third-order valence-electron chi connectivity index (χ3n) is 3.31. The van der Waals surface area contributed by atoms with Gasteiger partial charge in [0.1, 0.15) is 11.5 Å². The predicted octanol–water partition coefficient (Wildman–Crippen LogP) is 3.66. The van der Waals surface area contributed by atoms with Crippen LogP contribution in [0, 0.1) is 0 Å². The maximum absolute atomic E-state index is 12.0. The van der Waals surface area contributed by atoms with Gasteiger partial charge in [0.25, 0.3) is 5.56 Å². The molecule has 0 bridgehead atoms. The van der Waals surface area contributed by atoms with Crippen LogP contribution in [0.15, 0.2) is 53.5 Å². The van der Waals surface area contributed by atoms with E-state index in [2.05, 4.69) is 10.3 Å². The molecule has 2 heterocycles. The molecule has 0 spiro atoms. The number of nitrogens with zero attached hydrogens (tertiary/aromatic N) is 2. The Balaban J connectivity index is 1.76. The molecule has 0 aliphatic rings. The second-order valence-corrected chi connectivity index (χ2v) is 5.60. The molecule has 0 aliphatic carbocycles. The average Bonchev–Trinajstić information content (AvgIpc) is 2.50. The van der Waals surface area contributed by atoms with Gasteiger partial charge in [-0.1, -0.05) is 35.3 Å². The van der Waals surface area contributed by atoms with Gasteiger partial charge < -0.3 is 5.32 Å². The van der Waals surface area contributed by atoms with Crippen molar-refractivity contribution in [2.24, 2.45) is 0 Å². The zero-order valence-corrected chi connectivity index (χ0v) is 13.1. The van der Waals surface area contributed by atoms with Gasteiger partial charge in [-0.3, -0.25) is 9.20 Å². The van der Waals surface area contributed by atoms with Gasteiger partial charge in [0.05, 0.1) is 0 Å². The van der Waals surface area contributed by atoms with Crippen LogP contribution in [0.1, 0.15) is 5.56 Å². The fourth-order valence-corrected chi connectivity index (χ4v) is 2.82. The normalized spacial score (nSPS) is 10.8. The summed E-state index contributed by atoms with van der Waals surface area (Å²) in [5.74, 6) is 0.541. The van der Waals surface area contributed by atoms with Crippen LogP contribution in [0.4, 0.5) is 5.82 Å². The summed E-state index contributed by atoms with van der Waals surface area (Å²) in [5, 5.41) is 4.42. The summed E-state index contributed by atoms with van der Waals surface area (Å²) in [4.78, 5) is 16.4. The molecule has 0 unspecified atom stereocenters. The quantitative estimate of drug-likeness (QED) is 0.792. The van der Waals surface area contributed by atoms with Gasteiger partial charge in [-0.15, -0.1) is 0 Å². The lowest BCUT2D eigenvalue weighted by atomic mass is 10.1. The molecule has 0 fully saturated rings. The SMILES string of the molecule is O=c1cc(NCCc2c(Cl)cccc2Cl)nc2ccccn12. The first-order valence-corrected chi connectivity index (χ1v) is 7.56. The van der Waals surface area contributed by atoms with Crippen LogP contribution in [-0.2, 0) is 6.42 Å². The van der Waals surface area contributed by atoms with E-state index in [1.807, 2.05) is 24.3 Å². The number of fused-ring (bicyclic) bond motifs is 1. The van der Waals surface area contributed by atoms with Gasteiger partial charge in [0.2, 0.25) is 0 Å². The Morgan fingerprint density at radius 1 is 1.09 bits per heavy atom. The molecular weight excluding hydrogens is 321 g/mol. The summed E-state index contributed by atoms with van der Waals surface area (Å²) in [6, 6.07) is 12.3. The van der Waals surface area contributed by atoms with Gasteiger partial charge >= 0.3 is 0 Å². The van der Waals surface area contributed by atoms with Crippen molar-refractivity contribution in [3.05, 3.63) is 74.6 Å². The highest BCUT2D eigenvalue weighted by Crippen LogP contribution is 2.24. The Morgan fingerprint density at radius 3 is 2.64 bits per heavy atom. The third-order valence-corrected chi connectivity index (χ3v) is 4.02. The molecule has 22 heavy (non-hydrogen) atoms. The number of rotatable bonds is 4. The fourth-order valence-electron chi connectivity index (χ4n) is 2.23. The minimum absolute atomic E-state index is 0.121. The van der Waals surface area contributed by atoms with Crippen molar-refractivity contribution < 1.29 is 0 Å². The smallest absolute Gasteiger partial charge is 0.259 e. The van der Waals surface area contributed by atoms with Crippen LogP contribution < -0.4 is 10.9 Å². The minimum Gasteiger partial charge on any atom is -0.370 e. The number of benzene rings is 1. The highest BCUT2D eigenvalue weighted by Gasteiger charge is 2.06. The van der Waals surface area contributed by atoms with E-state index in [0.29, 0.717) is 34.5 Å². The molecule has 0 saturated heterocycles. The van der Waals surface area contributed by atoms with Crippen LogP contribution in [0.25, 0.3) is 5.65 Å². The van der Waals surface area contributed by atoms with E-state index < -0.39 is 0 Å². The first-order chi connectivity index (χ1) is 10.6. The molecule has 4 nitrogen and oxygen atoms in total. The average molecular weight is 334 g/mol. The molecule has 0 saturated carbocycles. The Bertz CT molecular complexity index is 856. The fraction of sp³-hybridized carbons (Fsp3) is 0.125. The van der Waals surface area contributed by atoms with Crippen molar-refractivity contribution in [1.82, 2.24) is 9.38 Å². The lowest BCUT2D eigenvalue weighted by molar-refractivity contribution is 0.987. The zero-order chi connectivity index (χ0) is 15.5. The van der Waals surface area contributed by atoms with Crippen LogP contribution in [0.5, 0.6) is 0 Å². The van der Waals surface area contributed by atoms with Crippen molar-refractivity contribution >= 4 is 34.7 Å². The van der Waals surface area contributed by atoms with Crippen LogP contribution in [0.2, 0.25) is 10.0 Å². The molecule has 3 aromatic rings. The molecule has 1 N–H and O–H groups in total. The topological polar surface area (TPSA) is 46.4 Å². The molecule has 0 aliphatic heterocycles. The summed E-state index contributed by atoms with van der Waals surface area (Å²) in [6.07, 6.45) is 2.34. The lowest BCUT2D eigenvalue weighted by Crippen LogP contribution is -2.16. The van der Waals surface area contributed by atoms with Gasteiger partial charge in [-0.05, 0) is 36.2 Å². The van der Waals surface area contributed by atoms with Crippen LogP contribution in [0.3, 0.4) is 0 Å². The Kier molecular flexibility index (Phi) is 4.32. The van der Waals surface area contributed by atoms with Crippen molar-refractivity contribution in [3.63, 3.8) is 0 Å². The van der Waals surface area contributed by atoms with Crippen molar-refractivity contribution in [2.45, 2.75) is 6.42 Å². The van der Waals surface area contributed by atoms with Crippen molar-refractivity contribution in [1.29, 1.82) is 0 Å². The molecule has 0 atom stereocenters. The molecule has 3 rings (SSSR count). The van der Waals surface area contributed by atoms with E-state index in [1.54, 1.807) is 18.3 Å². The number of anilines is 1. The van der Waals surface area contributed by atoms with Gasteiger partial charge in [0, 0.05) is 28.9 Å². The first-order valence-electron chi connectivity index (χ1n) is 6.80. The number of halogens is 2. The van der Waals surface area contributed by atoms with Gasteiger partial charge in [0.15, 0.2) is 0 Å². The van der Waals surface area contributed by atoms with Gasteiger partial charge in [-0.2, -0.15) is 0 Å². The molecular formula is C16H13Cl2N3O. The maximum Gasteiger partial charge on any atom is 0.259 e. The second-order valence-electron chi connectivity index (χ2n) is 4.79. The van der Waals surface area contributed by atoms with E-state index in [-0.39, 0.29) is 5.56 Å². The molecule has 0 amide bonds. The monoisotopic (exact) mass is 333 g/mol. The van der Waals surface area contributed by atoms with E-state index in [9.17, 15) is 4.79 Å². The van der Waals surface area contributed by atoms with E-state index in [4.69, 9.17) is 23.2 Å². The minimum atomic E-state index is -0.121. The number of aromatic nitrogens is 2. The summed E-state index contributed by atoms with van der Waals surface area (Å²) in [6.45, 7) is 0.582. The van der Waals surface area contributed by atoms with E-state index in [0.717, 1.165) is 5.56 Å². The van der Waals surface area contributed by atoms with Crippen LogP contribution in [-0.4, -0.2) is 15.9 Å². The largest absolute Gasteiger partial charge is 0.370 e. The van der Waals surface area contributed by atoms with E-state index >= 15 is 0 Å². The standard InChI is InChI=1S/C16H13Cl2N3O/c17-12-4-3-5-13(18)11(12)7-8-19-14-10-16(22)21-9-2-1-6-15(21)20-14/h1-6,9-10,19H,7-8H2. The molecule has 1 aromatic carbocycles. The third kappa shape index (κ3) is 3.08. The lowest BCUT2D eigenvalue weighted by Gasteiger charge is -2.09. The zero-order valence-electron chi connectivity index (χ0n) is 11.6. The summed E-state index contributed by atoms with van der Waals surface area (Å²) >= 11 is 12.3. The van der Waals surface area contributed by atoms with Crippen molar-refractivity contribution in [3.8, 4) is 0 Å². The first kappa shape index (κ1) is 14.9. The number of hydrogen-bond acceptors (Lipinski definition) is 3. The molecule has 112 valence electrons. The summed E-state index contributed by atoms with van der Waals surface area (Å²) in [7, 11) is 0. The Morgan fingerprint density at radius 2 is 1.86 bits per heavy atom. The number of pyridine rings is 1. The highest BCUT2D eigenvalue weighted by molar-refractivity contribution is 6.35.